The Morgan fingerprint density at radius 3 is 1.30 bits per heavy atom. The SMILES string of the molecule is C.C=CCc1c[nH]c2ccc(-c3ccc(Oc4ccc(F)cc4)cc3)cc12.C=CCc1cn(CCN(CC)CC)c2ccc(-c3ccc(Oc4ccc(F)cc4)cc3)cc12.Fc1ccc(Oc2ccc(-c3ccc4[nH]ccc4c3)cc2)cc1. The zero-order valence-electron chi connectivity index (χ0n) is 45.9. The normalized spacial score (nSPS) is 10.9. The van der Waals surface area contributed by atoms with E-state index in [1.807, 2.05) is 85.2 Å². The maximum absolute atomic E-state index is 13.1. The minimum Gasteiger partial charge on any atom is -0.457 e. The van der Waals surface area contributed by atoms with Gasteiger partial charge in [0.05, 0.1) is 0 Å². The van der Waals surface area contributed by atoms with Crippen molar-refractivity contribution >= 4 is 32.7 Å². The molecule has 0 aliphatic rings. The number of nitrogens with one attached hydrogen (secondary N) is 2. The number of aromatic nitrogens is 3. The van der Waals surface area contributed by atoms with Gasteiger partial charge < -0.3 is 33.6 Å². The Bertz CT molecular complexity index is 4030. The van der Waals surface area contributed by atoms with Crippen molar-refractivity contribution in [2.24, 2.45) is 0 Å². The van der Waals surface area contributed by atoms with Gasteiger partial charge in [0.25, 0.3) is 0 Å². The molecule has 0 amide bonds. The summed E-state index contributed by atoms with van der Waals surface area (Å²) in [4.78, 5) is 8.94. The number of nitrogens with zero attached hydrogens (tertiary/aromatic N) is 2. The van der Waals surface area contributed by atoms with E-state index in [4.69, 9.17) is 14.2 Å². The van der Waals surface area contributed by atoms with Crippen LogP contribution in [0.2, 0.25) is 0 Å². The molecule has 0 saturated heterocycles. The summed E-state index contributed by atoms with van der Waals surface area (Å²) in [5.41, 5.74) is 12.9. The molecular formula is C73H67F3N4O3. The third-order valence-corrected chi connectivity index (χ3v) is 14.3. The minimum atomic E-state index is -0.274. The first-order chi connectivity index (χ1) is 40.1. The summed E-state index contributed by atoms with van der Waals surface area (Å²) in [5, 5.41) is 3.68. The van der Waals surface area contributed by atoms with E-state index in [0.29, 0.717) is 17.2 Å². The Kier molecular flexibility index (Phi) is 19.3. The van der Waals surface area contributed by atoms with E-state index in [-0.39, 0.29) is 24.9 Å². The molecule has 418 valence electrons. The third-order valence-electron chi connectivity index (χ3n) is 14.3. The highest BCUT2D eigenvalue weighted by Gasteiger charge is 2.12. The van der Waals surface area contributed by atoms with Crippen LogP contribution in [0.1, 0.15) is 32.4 Å². The van der Waals surface area contributed by atoms with Crippen molar-refractivity contribution in [3.63, 3.8) is 0 Å². The van der Waals surface area contributed by atoms with Gasteiger partial charge in [-0.3, -0.25) is 0 Å². The lowest BCUT2D eigenvalue weighted by Gasteiger charge is -2.18. The highest BCUT2D eigenvalue weighted by atomic mass is 19.1. The van der Waals surface area contributed by atoms with E-state index >= 15 is 0 Å². The number of hydrogen-bond donors (Lipinski definition) is 2. The maximum atomic E-state index is 13.1. The van der Waals surface area contributed by atoms with Gasteiger partial charge in [0.1, 0.15) is 51.9 Å². The summed E-state index contributed by atoms with van der Waals surface area (Å²) in [5.74, 6) is 3.20. The molecule has 0 spiro atoms. The number of ether oxygens (including phenoxy) is 3. The number of hydrogen-bond acceptors (Lipinski definition) is 4. The summed E-state index contributed by atoms with van der Waals surface area (Å²) < 4.78 is 58.6. The molecule has 3 aromatic heterocycles. The largest absolute Gasteiger partial charge is 0.457 e. The molecule has 12 rings (SSSR count). The standard InChI is InChI=1S/C29H31FN2O.C23H18FNO.C20H14FNO.CH4/c1-4-7-24-21-32(19-18-31(5-2)6-3)29-17-10-23(20-28(24)29)22-8-13-26(14-9-22)33-27-15-11-25(30)12-16-27;1-2-3-18-15-25-23-13-6-17(14-22(18)23)16-4-9-20(10-5-16)26-21-11-7-19(24)8-12-21;21-17-4-8-19(9-5-17)23-18-6-1-14(2-7-18)15-3-10-20-16(13-15)11-12-22-20;/h4,8-17,20-21H,1,5-7,18-19H2,2-3H3;2,4-15,25H,1,3H2;1-13,22H;1H4. The van der Waals surface area contributed by atoms with Crippen molar-refractivity contribution in [3.8, 4) is 67.9 Å². The van der Waals surface area contributed by atoms with Crippen LogP contribution in [0.4, 0.5) is 13.2 Å². The molecule has 0 saturated carbocycles. The molecule has 7 nitrogen and oxygen atoms in total. The number of allylic oxidation sites excluding steroid dienone is 2. The van der Waals surface area contributed by atoms with E-state index in [1.54, 1.807) is 36.4 Å². The number of halogens is 3. The highest BCUT2D eigenvalue weighted by molar-refractivity contribution is 5.90. The minimum absolute atomic E-state index is 0. The van der Waals surface area contributed by atoms with Crippen molar-refractivity contribution in [1.29, 1.82) is 0 Å². The van der Waals surface area contributed by atoms with E-state index < -0.39 is 0 Å². The van der Waals surface area contributed by atoms with Crippen LogP contribution in [0.15, 0.2) is 250 Å². The fourth-order valence-electron chi connectivity index (χ4n) is 9.82. The number of benzene rings is 9. The highest BCUT2D eigenvalue weighted by Crippen LogP contribution is 2.33. The first-order valence-corrected chi connectivity index (χ1v) is 27.5. The molecule has 2 N–H and O–H groups in total. The Morgan fingerprint density at radius 2 is 0.843 bits per heavy atom. The van der Waals surface area contributed by atoms with Crippen LogP contribution in [0.3, 0.4) is 0 Å². The summed E-state index contributed by atoms with van der Waals surface area (Å²) in [7, 11) is 0. The first-order valence-electron chi connectivity index (χ1n) is 27.5. The Hall–Kier alpha value is -9.77. The molecule has 12 aromatic rings. The van der Waals surface area contributed by atoms with Gasteiger partial charge in [-0.05, 0) is 227 Å². The fourth-order valence-corrected chi connectivity index (χ4v) is 9.82. The quantitative estimate of drug-likeness (QED) is 0.0840. The Labute approximate surface area is 484 Å². The Morgan fingerprint density at radius 1 is 0.446 bits per heavy atom. The molecule has 0 fully saturated rings. The number of aromatic amines is 2. The first kappa shape index (κ1) is 57.9. The zero-order valence-corrected chi connectivity index (χ0v) is 45.9. The molecule has 0 aliphatic heterocycles. The summed E-state index contributed by atoms with van der Waals surface area (Å²) in [6.07, 6.45) is 11.8. The second-order valence-electron chi connectivity index (χ2n) is 19.7. The molecule has 0 bridgehead atoms. The lowest BCUT2D eigenvalue weighted by molar-refractivity contribution is 0.292. The van der Waals surface area contributed by atoms with Gasteiger partial charge in [-0.15, -0.1) is 13.2 Å². The smallest absolute Gasteiger partial charge is 0.127 e. The van der Waals surface area contributed by atoms with Gasteiger partial charge in [-0.2, -0.15) is 0 Å². The molecular weight excluding hydrogens is 1040 g/mol. The summed E-state index contributed by atoms with van der Waals surface area (Å²) in [6, 6.07) is 63.3. The van der Waals surface area contributed by atoms with Crippen LogP contribution < -0.4 is 14.2 Å². The van der Waals surface area contributed by atoms with Crippen LogP contribution in [-0.2, 0) is 19.4 Å². The van der Waals surface area contributed by atoms with Crippen molar-refractivity contribution in [1.82, 2.24) is 19.4 Å². The van der Waals surface area contributed by atoms with Gasteiger partial charge in [-0.1, -0.05) is 88.0 Å². The van der Waals surface area contributed by atoms with Crippen LogP contribution in [0.25, 0.3) is 66.1 Å². The third kappa shape index (κ3) is 14.8. The lowest BCUT2D eigenvalue weighted by atomic mass is 10.0. The summed E-state index contributed by atoms with van der Waals surface area (Å²) >= 11 is 0. The van der Waals surface area contributed by atoms with Crippen LogP contribution in [-0.4, -0.2) is 39.1 Å². The molecule has 0 unspecified atom stereocenters. The van der Waals surface area contributed by atoms with E-state index in [0.717, 1.165) is 95.1 Å². The Balaban J connectivity index is 0.000000151. The van der Waals surface area contributed by atoms with Crippen LogP contribution in [0.5, 0.6) is 34.5 Å². The van der Waals surface area contributed by atoms with Gasteiger partial charge in [0, 0.05) is 59.0 Å². The van der Waals surface area contributed by atoms with Crippen LogP contribution >= 0.6 is 0 Å². The second-order valence-corrected chi connectivity index (χ2v) is 19.7. The second kappa shape index (κ2) is 27.6. The van der Waals surface area contributed by atoms with E-state index in [9.17, 15) is 13.2 Å². The molecule has 83 heavy (non-hydrogen) atoms. The van der Waals surface area contributed by atoms with Crippen LogP contribution in [0, 0.1) is 17.5 Å². The predicted octanol–water partition coefficient (Wildman–Crippen LogP) is 20.2. The van der Waals surface area contributed by atoms with E-state index in [2.05, 4.69) is 125 Å². The number of likely N-dealkylation sites (N-methyl/N-ethyl adjacent to an activating group) is 1. The number of H-pyrrole nitrogens is 2. The van der Waals surface area contributed by atoms with Crippen molar-refractivity contribution < 1.29 is 27.4 Å². The van der Waals surface area contributed by atoms with E-state index in [1.165, 1.54) is 74.8 Å². The molecule has 10 heteroatoms. The molecule has 9 aromatic carbocycles. The zero-order chi connectivity index (χ0) is 56.8. The molecule has 3 heterocycles. The maximum Gasteiger partial charge on any atom is 0.127 e. The average Bonchev–Trinajstić information content (AvgIpc) is 4.48. The van der Waals surface area contributed by atoms with Crippen molar-refractivity contribution in [3.05, 3.63) is 279 Å². The van der Waals surface area contributed by atoms with Gasteiger partial charge in [0.15, 0.2) is 0 Å². The number of rotatable bonds is 18. The lowest BCUT2D eigenvalue weighted by Crippen LogP contribution is -2.26. The van der Waals surface area contributed by atoms with Gasteiger partial charge in [-0.25, -0.2) is 13.2 Å². The molecule has 0 radical (unpaired) electrons. The molecule has 0 aliphatic carbocycles. The molecule has 0 atom stereocenters. The van der Waals surface area contributed by atoms with Gasteiger partial charge in [0.2, 0.25) is 0 Å². The monoisotopic (exact) mass is 1100 g/mol. The predicted molar refractivity (Wildman–Crippen MR) is 337 cm³/mol. The average molecular weight is 1110 g/mol. The van der Waals surface area contributed by atoms with Gasteiger partial charge >= 0.3 is 0 Å². The van der Waals surface area contributed by atoms with Crippen molar-refractivity contribution in [2.45, 2.75) is 40.7 Å². The van der Waals surface area contributed by atoms with Crippen molar-refractivity contribution in [2.75, 3.05) is 19.6 Å². The summed E-state index contributed by atoms with van der Waals surface area (Å²) in [6.45, 7) is 16.4. The number of fused-ring (bicyclic) bond motifs is 3. The topological polar surface area (TPSA) is 67.4 Å². The fraction of sp³-hybridized carbons (Fsp3) is 0.123.